The second-order valence-electron chi connectivity index (χ2n) is 6.22. The van der Waals surface area contributed by atoms with Crippen molar-refractivity contribution < 1.29 is 9.18 Å². The molecule has 0 radical (unpaired) electrons. The third-order valence-electron chi connectivity index (χ3n) is 4.58. The summed E-state index contributed by atoms with van der Waals surface area (Å²) in [6, 6.07) is 10.8. The third-order valence-corrected chi connectivity index (χ3v) is 4.58. The number of hydrogen-bond donors (Lipinski definition) is 2. The Bertz CT molecular complexity index is 875. The maximum atomic E-state index is 13.5. The minimum atomic E-state index is -0.862. The van der Waals surface area contributed by atoms with Gasteiger partial charge in [-0.05, 0) is 43.2 Å². The lowest BCUT2D eigenvalue weighted by molar-refractivity contribution is -0.121. The van der Waals surface area contributed by atoms with Crippen LogP contribution in [-0.2, 0) is 10.3 Å². The first-order valence-electron chi connectivity index (χ1n) is 7.52. The number of nitrogens with zero attached hydrogens (tertiary/aromatic N) is 1. The highest BCUT2D eigenvalue weighted by molar-refractivity contribution is 6.13. The molecule has 0 unspecified atom stereocenters. The summed E-state index contributed by atoms with van der Waals surface area (Å²) < 4.78 is 13.5. The van der Waals surface area contributed by atoms with E-state index < -0.39 is 5.54 Å². The molecule has 2 heterocycles. The van der Waals surface area contributed by atoms with Crippen LogP contribution in [0.4, 0.5) is 10.1 Å². The van der Waals surface area contributed by atoms with Crippen LogP contribution in [0.1, 0.15) is 28.7 Å². The summed E-state index contributed by atoms with van der Waals surface area (Å²) >= 11 is 0. The van der Waals surface area contributed by atoms with Crippen LogP contribution in [-0.4, -0.2) is 11.6 Å². The zero-order valence-electron chi connectivity index (χ0n) is 12.9. The Labute approximate surface area is 133 Å². The first-order valence-corrected chi connectivity index (χ1v) is 7.52. The van der Waals surface area contributed by atoms with Crippen molar-refractivity contribution in [3.63, 3.8) is 0 Å². The van der Waals surface area contributed by atoms with Gasteiger partial charge in [-0.2, -0.15) is 5.10 Å². The molecule has 0 saturated carbocycles. The van der Waals surface area contributed by atoms with Gasteiger partial charge in [-0.25, -0.2) is 4.39 Å². The number of anilines is 1. The van der Waals surface area contributed by atoms with Crippen molar-refractivity contribution in [3.05, 3.63) is 64.5 Å². The molecule has 0 saturated heterocycles. The molecular weight excluding hydrogens is 293 g/mol. The van der Waals surface area contributed by atoms with Gasteiger partial charge in [0.25, 0.3) is 5.91 Å². The molecule has 1 amide bonds. The van der Waals surface area contributed by atoms with Crippen LogP contribution in [0.15, 0.2) is 41.5 Å². The molecule has 0 bridgehead atoms. The molecule has 0 fully saturated rings. The summed E-state index contributed by atoms with van der Waals surface area (Å²) in [7, 11) is 0. The fourth-order valence-corrected chi connectivity index (χ4v) is 3.24. The number of nitrogens with one attached hydrogen (secondary N) is 2. The summed E-state index contributed by atoms with van der Waals surface area (Å²) in [5.74, 6) is -0.342. The van der Waals surface area contributed by atoms with E-state index in [1.54, 1.807) is 19.1 Å². The van der Waals surface area contributed by atoms with Gasteiger partial charge in [0, 0.05) is 17.7 Å². The second kappa shape index (κ2) is 4.65. The van der Waals surface area contributed by atoms with E-state index in [4.69, 9.17) is 0 Å². The van der Waals surface area contributed by atoms with Gasteiger partial charge < -0.3 is 5.32 Å². The molecule has 2 aliphatic heterocycles. The van der Waals surface area contributed by atoms with Gasteiger partial charge in [0.15, 0.2) is 5.54 Å². The number of rotatable bonds is 1. The monoisotopic (exact) mass is 309 g/mol. The van der Waals surface area contributed by atoms with Crippen LogP contribution in [0.2, 0.25) is 0 Å². The highest BCUT2D eigenvalue weighted by Gasteiger charge is 2.50. The largest absolute Gasteiger partial charge is 0.323 e. The van der Waals surface area contributed by atoms with Gasteiger partial charge in [-0.15, -0.1) is 0 Å². The Morgan fingerprint density at radius 3 is 2.78 bits per heavy atom. The van der Waals surface area contributed by atoms with Gasteiger partial charge in [0.05, 0.1) is 5.71 Å². The number of hydrazone groups is 1. The molecular formula is C18H16FN3O. The summed E-state index contributed by atoms with van der Waals surface area (Å²) in [4.78, 5) is 12.6. The normalized spacial score (nSPS) is 21.9. The van der Waals surface area contributed by atoms with Crippen molar-refractivity contribution in [2.45, 2.75) is 25.8 Å². The molecule has 0 aliphatic carbocycles. The van der Waals surface area contributed by atoms with Crippen LogP contribution in [0, 0.1) is 19.7 Å². The number of aryl methyl sites for hydroxylation is 2. The maximum Gasteiger partial charge on any atom is 0.256 e. The van der Waals surface area contributed by atoms with Crippen molar-refractivity contribution in [1.29, 1.82) is 0 Å². The van der Waals surface area contributed by atoms with Crippen LogP contribution >= 0.6 is 0 Å². The zero-order valence-corrected chi connectivity index (χ0v) is 12.9. The molecule has 4 nitrogen and oxygen atoms in total. The van der Waals surface area contributed by atoms with E-state index in [2.05, 4.69) is 15.8 Å². The van der Waals surface area contributed by atoms with Crippen LogP contribution in [0.5, 0.6) is 0 Å². The molecule has 1 atom stereocenters. The summed E-state index contributed by atoms with van der Waals surface area (Å²) in [5.41, 5.74) is 7.16. The van der Waals surface area contributed by atoms with Gasteiger partial charge in [0.2, 0.25) is 0 Å². The van der Waals surface area contributed by atoms with E-state index in [1.165, 1.54) is 6.07 Å². The molecule has 2 N–H and O–H groups in total. The molecule has 4 rings (SSSR count). The number of hydrogen-bond acceptors (Lipinski definition) is 3. The highest BCUT2D eigenvalue weighted by atomic mass is 19.1. The van der Waals surface area contributed by atoms with E-state index >= 15 is 0 Å². The van der Waals surface area contributed by atoms with E-state index in [0.29, 0.717) is 12.0 Å². The number of amides is 1. The standard InChI is InChI=1S/C18H16FN3O/c1-10-3-6-15-13(7-10)18(17(23)20-15)9-16(21-22-18)12-4-5-14(19)11(2)8-12/h3-8,22H,9H2,1-2H3,(H,20,23)/t18-/m1/s1. The summed E-state index contributed by atoms with van der Waals surface area (Å²) in [6.45, 7) is 3.72. The van der Waals surface area contributed by atoms with Gasteiger partial charge >= 0.3 is 0 Å². The first kappa shape index (κ1) is 13.9. The van der Waals surface area contributed by atoms with E-state index in [-0.39, 0.29) is 11.7 Å². The molecule has 2 aromatic carbocycles. The van der Waals surface area contributed by atoms with Gasteiger partial charge in [-0.1, -0.05) is 23.8 Å². The van der Waals surface area contributed by atoms with Crippen LogP contribution in [0.25, 0.3) is 0 Å². The fraction of sp³-hybridized carbons (Fsp3) is 0.222. The molecule has 116 valence electrons. The average molecular weight is 309 g/mol. The third kappa shape index (κ3) is 1.96. The van der Waals surface area contributed by atoms with Crippen molar-refractivity contribution in [1.82, 2.24) is 5.43 Å². The van der Waals surface area contributed by atoms with E-state index in [0.717, 1.165) is 28.1 Å². The predicted octanol–water partition coefficient (Wildman–Crippen LogP) is 2.99. The van der Waals surface area contributed by atoms with Crippen LogP contribution < -0.4 is 10.7 Å². The molecule has 0 aromatic heterocycles. The Kier molecular flexibility index (Phi) is 2.82. The number of halogens is 1. The second-order valence-corrected chi connectivity index (χ2v) is 6.22. The molecule has 5 heteroatoms. The number of carbonyl (C=O) groups is 1. The minimum absolute atomic E-state index is 0.101. The smallest absolute Gasteiger partial charge is 0.256 e. The predicted molar refractivity (Wildman–Crippen MR) is 86.9 cm³/mol. The topological polar surface area (TPSA) is 53.5 Å². The lowest BCUT2D eigenvalue weighted by atomic mass is 9.85. The molecule has 23 heavy (non-hydrogen) atoms. The van der Waals surface area contributed by atoms with Crippen LogP contribution in [0.3, 0.4) is 0 Å². The van der Waals surface area contributed by atoms with Crippen molar-refractivity contribution in [2.75, 3.05) is 5.32 Å². The Morgan fingerprint density at radius 2 is 2.00 bits per heavy atom. The van der Waals surface area contributed by atoms with Crippen molar-refractivity contribution in [2.24, 2.45) is 5.10 Å². The highest BCUT2D eigenvalue weighted by Crippen LogP contribution is 2.42. The van der Waals surface area contributed by atoms with E-state index in [9.17, 15) is 9.18 Å². The molecule has 2 aromatic rings. The Morgan fingerprint density at radius 1 is 1.17 bits per heavy atom. The first-order chi connectivity index (χ1) is 11.0. The summed E-state index contributed by atoms with van der Waals surface area (Å²) in [5, 5.41) is 7.29. The maximum absolute atomic E-state index is 13.5. The Hall–Kier alpha value is -2.69. The Balaban J connectivity index is 1.73. The van der Waals surface area contributed by atoms with Crippen molar-refractivity contribution in [3.8, 4) is 0 Å². The lowest BCUT2D eigenvalue weighted by Gasteiger charge is -2.21. The zero-order chi connectivity index (χ0) is 16.2. The van der Waals surface area contributed by atoms with Gasteiger partial charge in [0.1, 0.15) is 5.82 Å². The summed E-state index contributed by atoms with van der Waals surface area (Å²) in [6.07, 6.45) is 0.445. The fourth-order valence-electron chi connectivity index (χ4n) is 3.24. The minimum Gasteiger partial charge on any atom is -0.323 e. The number of benzene rings is 2. The SMILES string of the molecule is Cc1ccc2c(c1)[C@]1(CC(c3ccc(F)c(C)c3)=NN1)C(=O)N2. The molecule has 1 spiro atoms. The average Bonchev–Trinajstić information content (AvgIpc) is 3.08. The van der Waals surface area contributed by atoms with Gasteiger partial charge in [-0.3, -0.25) is 10.2 Å². The van der Waals surface area contributed by atoms with Crippen molar-refractivity contribution >= 4 is 17.3 Å². The molecule has 2 aliphatic rings. The quantitative estimate of drug-likeness (QED) is 0.851. The number of fused-ring (bicyclic) bond motifs is 2. The number of carbonyl (C=O) groups excluding carboxylic acids is 1. The van der Waals surface area contributed by atoms with E-state index in [1.807, 2.05) is 25.1 Å². The lowest BCUT2D eigenvalue weighted by Crippen LogP contribution is -2.42.